The third-order valence-electron chi connectivity index (χ3n) is 3.22. The maximum atomic E-state index is 11.3. The summed E-state index contributed by atoms with van der Waals surface area (Å²) < 4.78 is 0. The molecule has 8 nitrogen and oxygen atoms in total. The van der Waals surface area contributed by atoms with Crippen LogP contribution in [0.3, 0.4) is 0 Å². The van der Waals surface area contributed by atoms with Crippen molar-refractivity contribution in [1.82, 2.24) is 9.97 Å². The Bertz CT molecular complexity index is 719. The average molecular weight is 296 g/mol. The molecule has 1 fully saturated rings. The lowest BCUT2D eigenvalue weighted by atomic mass is 10.2. The molecule has 0 aliphatic heterocycles. The third kappa shape index (κ3) is 2.99. The summed E-state index contributed by atoms with van der Waals surface area (Å²) in [5.74, 6) is 0.745. The number of rotatable bonds is 5. The molecule has 5 N–H and O–H groups in total. The van der Waals surface area contributed by atoms with Crippen LogP contribution in [-0.4, -0.2) is 16.0 Å². The van der Waals surface area contributed by atoms with E-state index in [2.05, 4.69) is 20.6 Å². The van der Waals surface area contributed by atoms with Crippen molar-refractivity contribution in [1.29, 1.82) is 5.26 Å². The fourth-order valence-corrected chi connectivity index (χ4v) is 1.96. The molecule has 0 atom stereocenters. The Kier molecular flexibility index (Phi) is 3.64. The van der Waals surface area contributed by atoms with Gasteiger partial charge >= 0.3 is 0 Å². The summed E-state index contributed by atoms with van der Waals surface area (Å²) in [6, 6.07) is 9.14. The number of aromatic nitrogens is 2. The number of hydrogen-bond acceptors (Lipinski definition) is 8. The summed E-state index contributed by atoms with van der Waals surface area (Å²) in [5.41, 5.74) is 9.01. The van der Waals surface area contributed by atoms with E-state index in [1.54, 1.807) is 24.3 Å². The normalized spacial score (nSPS) is 13.3. The first kappa shape index (κ1) is 13.9. The molecule has 1 aliphatic rings. The predicted molar refractivity (Wildman–Crippen MR) is 84.5 cm³/mol. The third-order valence-corrected chi connectivity index (χ3v) is 3.22. The number of nitriles is 1. The summed E-state index contributed by atoms with van der Waals surface area (Å²) in [4.78, 5) is 8.12. The second kappa shape index (κ2) is 5.75. The summed E-state index contributed by atoms with van der Waals surface area (Å²) >= 11 is 0. The van der Waals surface area contributed by atoms with E-state index in [0.717, 1.165) is 12.8 Å². The maximum absolute atomic E-state index is 11.3. The van der Waals surface area contributed by atoms with Gasteiger partial charge in [0.2, 0.25) is 5.95 Å². The van der Waals surface area contributed by atoms with Crippen LogP contribution in [-0.2, 0) is 0 Å². The minimum Gasteiger partial charge on any atom is -0.761 e. The molecular formula is C14H14N7O-. The van der Waals surface area contributed by atoms with Gasteiger partial charge in [-0.15, -0.1) is 0 Å². The second-order valence-corrected chi connectivity index (χ2v) is 4.99. The van der Waals surface area contributed by atoms with Crippen molar-refractivity contribution < 1.29 is 0 Å². The van der Waals surface area contributed by atoms with Crippen LogP contribution in [0.2, 0.25) is 0 Å². The zero-order valence-corrected chi connectivity index (χ0v) is 11.6. The van der Waals surface area contributed by atoms with E-state index in [9.17, 15) is 5.21 Å². The van der Waals surface area contributed by atoms with Crippen LogP contribution in [0.1, 0.15) is 18.4 Å². The highest BCUT2D eigenvalue weighted by atomic mass is 16.5. The second-order valence-electron chi connectivity index (χ2n) is 4.99. The van der Waals surface area contributed by atoms with Gasteiger partial charge in [-0.3, -0.25) is 0 Å². The molecule has 1 saturated carbocycles. The van der Waals surface area contributed by atoms with Crippen molar-refractivity contribution in [2.24, 2.45) is 0 Å². The lowest BCUT2D eigenvalue weighted by Crippen LogP contribution is -2.11. The fourth-order valence-electron chi connectivity index (χ4n) is 1.96. The zero-order chi connectivity index (χ0) is 15.5. The van der Waals surface area contributed by atoms with Crippen LogP contribution in [0.5, 0.6) is 0 Å². The van der Waals surface area contributed by atoms with Crippen molar-refractivity contribution >= 4 is 29.0 Å². The highest BCUT2D eigenvalue weighted by Crippen LogP contribution is 2.34. The smallest absolute Gasteiger partial charge is 0.224 e. The number of nitrogens with one attached hydrogen (secondary N) is 3. The van der Waals surface area contributed by atoms with Gasteiger partial charge in [0, 0.05) is 11.7 Å². The monoisotopic (exact) mass is 296 g/mol. The van der Waals surface area contributed by atoms with E-state index in [4.69, 9.17) is 11.0 Å². The van der Waals surface area contributed by atoms with E-state index in [1.165, 1.54) is 0 Å². The van der Waals surface area contributed by atoms with Crippen LogP contribution < -0.4 is 21.8 Å². The van der Waals surface area contributed by atoms with Gasteiger partial charge in [-0.1, -0.05) is 0 Å². The number of anilines is 5. The number of nitrogen functional groups attached to an aromatic ring is 1. The van der Waals surface area contributed by atoms with Gasteiger partial charge in [0.15, 0.2) is 11.6 Å². The Morgan fingerprint density at radius 1 is 1.18 bits per heavy atom. The lowest BCUT2D eigenvalue weighted by molar-refractivity contribution is 1.09. The van der Waals surface area contributed by atoms with E-state index < -0.39 is 0 Å². The SMILES string of the molecule is N#Cc1ccc(Nc2nc(N)nc(NC3CC3)c2N[O-])cc1. The summed E-state index contributed by atoms with van der Waals surface area (Å²) in [5, 5.41) is 26.2. The fraction of sp³-hybridized carbons (Fsp3) is 0.214. The Morgan fingerprint density at radius 2 is 1.86 bits per heavy atom. The Balaban J connectivity index is 1.90. The molecule has 3 rings (SSSR count). The van der Waals surface area contributed by atoms with Crippen LogP contribution in [0.25, 0.3) is 0 Å². The van der Waals surface area contributed by atoms with Gasteiger partial charge in [-0.25, -0.2) is 0 Å². The zero-order valence-electron chi connectivity index (χ0n) is 11.6. The molecule has 1 heterocycles. The molecule has 0 radical (unpaired) electrons. The Labute approximate surface area is 127 Å². The molecule has 0 spiro atoms. The van der Waals surface area contributed by atoms with Gasteiger partial charge < -0.3 is 27.1 Å². The first-order chi connectivity index (χ1) is 10.7. The number of nitrogens with zero attached hydrogens (tertiary/aromatic N) is 3. The van der Waals surface area contributed by atoms with Crippen molar-refractivity contribution in [2.45, 2.75) is 18.9 Å². The van der Waals surface area contributed by atoms with Crippen molar-refractivity contribution in [3.05, 3.63) is 35.0 Å². The Hall–Kier alpha value is -3.05. The van der Waals surface area contributed by atoms with Crippen molar-refractivity contribution in [3.8, 4) is 6.07 Å². The topological polar surface area (TPSA) is 135 Å². The first-order valence-electron chi connectivity index (χ1n) is 6.79. The van der Waals surface area contributed by atoms with Crippen molar-refractivity contribution in [3.63, 3.8) is 0 Å². The van der Waals surface area contributed by atoms with Crippen molar-refractivity contribution in [2.75, 3.05) is 21.8 Å². The van der Waals surface area contributed by atoms with Crippen LogP contribution >= 0.6 is 0 Å². The van der Waals surface area contributed by atoms with Gasteiger partial charge in [-0.2, -0.15) is 15.2 Å². The molecule has 0 amide bonds. The molecule has 112 valence electrons. The van der Waals surface area contributed by atoms with E-state index in [0.29, 0.717) is 23.1 Å². The molecule has 1 aliphatic carbocycles. The van der Waals surface area contributed by atoms with Gasteiger partial charge in [0.05, 0.1) is 11.6 Å². The molecule has 0 unspecified atom stereocenters. The summed E-state index contributed by atoms with van der Waals surface area (Å²) in [6.45, 7) is 0. The van der Waals surface area contributed by atoms with E-state index >= 15 is 0 Å². The Morgan fingerprint density at radius 3 is 2.45 bits per heavy atom. The highest BCUT2D eigenvalue weighted by molar-refractivity contribution is 5.81. The summed E-state index contributed by atoms with van der Waals surface area (Å²) in [6.07, 6.45) is 2.08. The summed E-state index contributed by atoms with van der Waals surface area (Å²) in [7, 11) is 0. The van der Waals surface area contributed by atoms with Crippen LogP contribution in [0, 0.1) is 16.5 Å². The van der Waals surface area contributed by atoms with Gasteiger partial charge in [0.1, 0.15) is 5.69 Å². The van der Waals surface area contributed by atoms with E-state index in [-0.39, 0.29) is 17.5 Å². The quantitative estimate of drug-likeness (QED) is 0.616. The molecule has 22 heavy (non-hydrogen) atoms. The molecule has 8 heteroatoms. The number of hydrogen-bond donors (Lipinski definition) is 4. The van der Waals surface area contributed by atoms with Crippen LogP contribution in [0.15, 0.2) is 24.3 Å². The molecule has 0 saturated heterocycles. The molecule has 0 bridgehead atoms. The molecular weight excluding hydrogens is 282 g/mol. The molecule has 1 aromatic carbocycles. The van der Waals surface area contributed by atoms with E-state index in [1.807, 2.05) is 11.5 Å². The minimum atomic E-state index is 0.0679. The standard InChI is InChI=1S/C14H14N7O/c15-7-8-1-3-9(4-2-8)17-12-11(21-22)13(18-10-5-6-10)20-14(16)19-12/h1-4,10,21H,5-6H2,(H4,16,17,18,19,20)/q-1. The largest absolute Gasteiger partial charge is 0.761 e. The molecule has 1 aromatic heterocycles. The van der Waals surface area contributed by atoms with Gasteiger partial charge in [-0.05, 0) is 37.1 Å². The molecule has 2 aromatic rings. The van der Waals surface area contributed by atoms with Gasteiger partial charge in [0.25, 0.3) is 0 Å². The predicted octanol–water partition coefficient (Wildman–Crippen LogP) is 2.16. The highest BCUT2D eigenvalue weighted by Gasteiger charge is 2.23. The maximum Gasteiger partial charge on any atom is 0.224 e. The average Bonchev–Trinajstić information content (AvgIpc) is 3.32. The van der Waals surface area contributed by atoms with Crippen LogP contribution in [0.4, 0.5) is 29.0 Å². The first-order valence-corrected chi connectivity index (χ1v) is 6.79. The minimum absolute atomic E-state index is 0.0679. The lowest BCUT2D eigenvalue weighted by Gasteiger charge is -2.19. The number of nitrogens with two attached hydrogens (primary N) is 1. The number of benzene rings is 1.